The number of carbonyl (C=O) groups is 2. The third-order valence-electron chi connectivity index (χ3n) is 6.03. The Hall–Kier alpha value is -3.35. The van der Waals surface area contributed by atoms with E-state index in [0.29, 0.717) is 17.9 Å². The van der Waals surface area contributed by atoms with Crippen LogP contribution in [0.2, 0.25) is 0 Å². The van der Waals surface area contributed by atoms with Gasteiger partial charge in [-0.05, 0) is 55.0 Å². The number of carbonyl (C=O) groups excluding carboxylic acids is 1. The van der Waals surface area contributed by atoms with Crippen molar-refractivity contribution in [2.45, 2.75) is 31.9 Å². The van der Waals surface area contributed by atoms with Crippen LogP contribution in [0.3, 0.4) is 0 Å². The molecule has 2 fully saturated rings. The van der Waals surface area contributed by atoms with Gasteiger partial charge in [0.15, 0.2) is 0 Å². The van der Waals surface area contributed by atoms with Crippen LogP contribution < -0.4 is 10.1 Å². The number of benzene rings is 1. The lowest BCUT2D eigenvalue weighted by Crippen LogP contribution is -2.46. The number of fused-ring (bicyclic) bond motifs is 1. The summed E-state index contributed by atoms with van der Waals surface area (Å²) in [5.41, 5.74) is 2.13. The molecule has 29 heavy (non-hydrogen) atoms. The van der Waals surface area contributed by atoms with E-state index in [2.05, 4.69) is 10.3 Å². The molecule has 2 aromatic heterocycles. The number of carboxylic acids is 1. The van der Waals surface area contributed by atoms with E-state index in [1.807, 2.05) is 41.1 Å². The summed E-state index contributed by atoms with van der Waals surface area (Å²) in [5.74, 6) is -0.499. The molecule has 2 heterocycles. The second-order valence-corrected chi connectivity index (χ2v) is 8.05. The number of hydrogen-bond donors (Lipinski definition) is 2. The molecular formula is C22H21N3O4. The third-order valence-corrected chi connectivity index (χ3v) is 6.03. The quantitative estimate of drug-likeness (QED) is 0.674. The van der Waals surface area contributed by atoms with Gasteiger partial charge in [0.2, 0.25) is 0 Å². The minimum atomic E-state index is -0.717. The van der Waals surface area contributed by atoms with E-state index in [0.717, 1.165) is 30.6 Å². The fourth-order valence-corrected chi connectivity index (χ4v) is 4.38. The maximum absolute atomic E-state index is 12.5. The van der Waals surface area contributed by atoms with E-state index in [9.17, 15) is 9.59 Å². The number of ether oxygens (including phenoxy) is 1. The maximum Gasteiger partial charge on any atom is 0.307 e. The monoisotopic (exact) mass is 391 g/mol. The molecule has 0 saturated heterocycles. The molecule has 2 N–H and O–H groups in total. The summed E-state index contributed by atoms with van der Waals surface area (Å²) in [6, 6.07) is 12.9. The molecule has 0 aliphatic heterocycles. The highest BCUT2D eigenvalue weighted by atomic mass is 16.5. The van der Waals surface area contributed by atoms with Gasteiger partial charge < -0.3 is 19.6 Å². The lowest BCUT2D eigenvalue weighted by atomic mass is 9.75. The molecule has 1 amide bonds. The minimum absolute atomic E-state index is 0.0504. The molecule has 2 aliphatic carbocycles. The van der Waals surface area contributed by atoms with Gasteiger partial charge in [0.05, 0.1) is 11.6 Å². The van der Waals surface area contributed by atoms with E-state index >= 15 is 0 Å². The highest BCUT2D eigenvalue weighted by molar-refractivity contribution is 5.94. The number of aliphatic carboxylic acids is 1. The van der Waals surface area contributed by atoms with Gasteiger partial charge in [-0.3, -0.25) is 9.59 Å². The Morgan fingerprint density at radius 1 is 1.21 bits per heavy atom. The predicted octanol–water partition coefficient (Wildman–Crippen LogP) is 2.90. The maximum atomic E-state index is 12.5. The Bertz CT molecular complexity index is 1070. The molecule has 1 spiro atoms. The van der Waals surface area contributed by atoms with Gasteiger partial charge in [0.25, 0.3) is 5.91 Å². The lowest BCUT2D eigenvalue weighted by Gasteiger charge is -2.37. The van der Waals surface area contributed by atoms with Crippen LogP contribution in [0.25, 0.3) is 5.65 Å². The van der Waals surface area contributed by atoms with Crippen molar-refractivity contribution >= 4 is 17.5 Å². The molecule has 3 aromatic rings. The number of rotatable bonds is 6. The second-order valence-electron chi connectivity index (χ2n) is 8.05. The van der Waals surface area contributed by atoms with Crippen LogP contribution in [0.4, 0.5) is 0 Å². The first-order chi connectivity index (χ1) is 14.0. The first kappa shape index (κ1) is 17.7. The van der Waals surface area contributed by atoms with Crippen molar-refractivity contribution in [3.63, 3.8) is 0 Å². The van der Waals surface area contributed by atoms with Crippen LogP contribution in [0.15, 0.2) is 54.9 Å². The summed E-state index contributed by atoms with van der Waals surface area (Å²) in [6.45, 7) is 0.314. The summed E-state index contributed by atoms with van der Waals surface area (Å²) in [6.07, 6.45) is 6.09. The second kappa shape index (κ2) is 6.62. The summed E-state index contributed by atoms with van der Waals surface area (Å²) >= 11 is 0. The van der Waals surface area contributed by atoms with Gasteiger partial charge in [-0.1, -0.05) is 12.1 Å². The topological polar surface area (TPSA) is 92.9 Å². The van der Waals surface area contributed by atoms with E-state index in [-0.39, 0.29) is 23.3 Å². The van der Waals surface area contributed by atoms with Gasteiger partial charge in [0, 0.05) is 24.0 Å². The fourth-order valence-electron chi connectivity index (χ4n) is 4.38. The number of amides is 1. The molecular weight excluding hydrogens is 370 g/mol. The fraction of sp³-hybridized carbons (Fsp3) is 0.318. The molecule has 5 rings (SSSR count). The average molecular weight is 391 g/mol. The predicted molar refractivity (Wildman–Crippen MR) is 105 cm³/mol. The van der Waals surface area contributed by atoms with Crippen LogP contribution in [0.1, 0.15) is 35.3 Å². The number of aromatic nitrogens is 2. The van der Waals surface area contributed by atoms with Crippen molar-refractivity contribution in [2.75, 3.05) is 0 Å². The van der Waals surface area contributed by atoms with Crippen molar-refractivity contribution in [3.8, 4) is 5.75 Å². The Kier molecular flexibility index (Phi) is 4.04. The lowest BCUT2D eigenvalue weighted by molar-refractivity contribution is -0.140. The standard InChI is InChI=1S/C22H21N3O4/c26-20(24-15-9-22(10-15)11-18(22)21(27)28)14-4-3-5-17(8-14)29-13-16-12-25-7-2-1-6-19(25)23-16/h1-8,12,15,18H,9-11,13H2,(H,24,26)(H,27,28)/t15?,18-,22?/m0/s1. The Labute approximate surface area is 167 Å². The summed E-state index contributed by atoms with van der Waals surface area (Å²) in [7, 11) is 0. The van der Waals surface area contributed by atoms with Crippen LogP contribution in [-0.4, -0.2) is 32.4 Å². The molecule has 1 aromatic carbocycles. The first-order valence-electron chi connectivity index (χ1n) is 9.72. The van der Waals surface area contributed by atoms with E-state index in [1.165, 1.54) is 0 Å². The molecule has 0 unspecified atom stereocenters. The number of carboxylic acid groups (broad SMARTS) is 1. The summed E-state index contributed by atoms with van der Waals surface area (Å²) in [5, 5.41) is 12.1. The normalized spacial score (nSPS) is 24.8. The smallest absolute Gasteiger partial charge is 0.307 e. The van der Waals surface area contributed by atoms with Crippen LogP contribution in [0, 0.1) is 11.3 Å². The molecule has 7 heteroatoms. The highest BCUT2D eigenvalue weighted by Gasteiger charge is 2.65. The molecule has 0 radical (unpaired) electrons. The number of hydrogen-bond acceptors (Lipinski definition) is 4. The third kappa shape index (κ3) is 3.33. The number of pyridine rings is 1. The Morgan fingerprint density at radius 2 is 2.07 bits per heavy atom. The van der Waals surface area contributed by atoms with Crippen LogP contribution >= 0.6 is 0 Å². The SMILES string of the molecule is O=C(NC1CC2(C1)C[C@H]2C(=O)O)c1cccc(OCc2cn3ccccc3n2)c1. The van der Waals surface area contributed by atoms with Crippen molar-refractivity contribution in [1.29, 1.82) is 0 Å². The Balaban J connectivity index is 1.17. The zero-order chi connectivity index (χ0) is 20.0. The van der Waals surface area contributed by atoms with E-state index in [4.69, 9.17) is 9.84 Å². The molecule has 7 nitrogen and oxygen atoms in total. The van der Waals surface area contributed by atoms with Gasteiger partial charge >= 0.3 is 5.97 Å². The highest BCUT2D eigenvalue weighted by Crippen LogP contribution is 2.65. The van der Waals surface area contributed by atoms with Gasteiger partial charge in [-0.15, -0.1) is 0 Å². The van der Waals surface area contributed by atoms with Crippen LogP contribution in [-0.2, 0) is 11.4 Å². The van der Waals surface area contributed by atoms with Gasteiger partial charge in [-0.25, -0.2) is 4.98 Å². The molecule has 0 bridgehead atoms. The van der Waals surface area contributed by atoms with E-state index in [1.54, 1.807) is 18.2 Å². The number of nitrogens with zero attached hydrogens (tertiary/aromatic N) is 2. The molecule has 1 atom stereocenters. The van der Waals surface area contributed by atoms with Gasteiger partial charge in [0.1, 0.15) is 18.0 Å². The van der Waals surface area contributed by atoms with Crippen LogP contribution in [0.5, 0.6) is 5.75 Å². The molecule has 2 saturated carbocycles. The van der Waals surface area contributed by atoms with Crippen molar-refractivity contribution in [1.82, 2.24) is 14.7 Å². The molecule has 148 valence electrons. The Morgan fingerprint density at radius 3 is 2.83 bits per heavy atom. The largest absolute Gasteiger partial charge is 0.487 e. The van der Waals surface area contributed by atoms with Crippen molar-refractivity contribution in [2.24, 2.45) is 11.3 Å². The zero-order valence-corrected chi connectivity index (χ0v) is 15.7. The van der Waals surface area contributed by atoms with E-state index < -0.39 is 5.97 Å². The molecule has 2 aliphatic rings. The zero-order valence-electron chi connectivity index (χ0n) is 15.7. The first-order valence-corrected chi connectivity index (χ1v) is 9.72. The van der Waals surface area contributed by atoms with Crippen molar-refractivity contribution in [3.05, 3.63) is 66.1 Å². The summed E-state index contributed by atoms with van der Waals surface area (Å²) in [4.78, 5) is 28.1. The number of nitrogens with one attached hydrogen (secondary N) is 1. The number of imidazole rings is 1. The van der Waals surface area contributed by atoms with Gasteiger partial charge in [-0.2, -0.15) is 0 Å². The van der Waals surface area contributed by atoms with Crippen molar-refractivity contribution < 1.29 is 19.4 Å². The summed E-state index contributed by atoms with van der Waals surface area (Å²) < 4.78 is 7.75. The minimum Gasteiger partial charge on any atom is -0.487 e. The average Bonchev–Trinajstić information content (AvgIpc) is 3.30.